The molecule has 1 fully saturated rings. The zero-order chi connectivity index (χ0) is 5.28. The van der Waals surface area contributed by atoms with Gasteiger partial charge in [0.2, 0.25) is 0 Å². The second kappa shape index (κ2) is 1.84. The predicted octanol–water partition coefficient (Wildman–Crippen LogP) is 0.0767. The van der Waals surface area contributed by atoms with Gasteiger partial charge in [0.15, 0.2) is 0 Å². The molecular weight excluding hydrogens is 90.9 g/mol. The summed E-state index contributed by atoms with van der Waals surface area (Å²) in [5.74, 6) is 0. The van der Waals surface area contributed by atoms with E-state index in [2.05, 4.69) is 0 Å². The lowest BCUT2D eigenvalue weighted by Gasteiger charge is -2.04. The fourth-order valence-corrected chi connectivity index (χ4v) is 0.525. The number of rotatable bonds is 0. The van der Waals surface area contributed by atoms with E-state index >= 15 is 0 Å². The molecule has 7 heavy (non-hydrogen) atoms. The molecule has 0 amide bonds. The summed E-state index contributed by atoms with van der Waals surface area (Å²) in [5, 5.41) is 0. The maximum atomic E-state index is 5.04. The lowest BCUT2D eigenvalue weighted by molar-refractivity contribution is 0.187. The minimum Gasteiger partial charge on any atom is -0.409 e. The number of hydrogen-bond acceptors (Lipinski definition) is 2. The zero-order valence-corrected chi connectivity index (χ0v) is 4.68. The van der Waals surface area contributed by atoms with Crippen molar-refractivity contribution in [2.75, 3.05) is 0 Å². The Kier molecular flexibility index (Phi) is 1.35. The van der Waals surface area contributed by atoms with E-state index in [4.69, 9.17) is 9.31 Å². The van der Waals surface area contributed by atoms with Gasteiger partial charge in [0.05, 0.1) is 12.2 Å². The van der Waals surface area contributed by atoms with Crippen LogP contribution in [0, 0.1) is 0 Å². The summed E-state index contributed by atoms with van der Waals surface area (Å²) in [6.07, 6.45) is 0.583. The monoisotopic (exact) mass is 100 g/mol. The molecule has 0 radical (unpaired) electrons. The topological polar surface area (TPSA) is 18.5 Å². The first-order valence-electron chi connectivity index (χ1n) is 2.54. The Bertz CT molecular complexity index is 58.7. The molecule has 1 aliphatic rings. The van der Waals surface area contributed by atoms with Crippen molar-refractivity contribution in [1.29, 1.82) is 0 Å². The van der Waals surface area contributed by atoms with Gasteiger partial charge < -0.3 is 9.31 Å². The third-order valence-corrected chi connectivity index (χ3v) is 1.32. The summed E-state index contributed by atoms with van der Waals surface area (Å²) < 4.78 is 10.1. The van der Waals surface area contributed by atoms with E-state index in [9.17, 15) is 0 Å². The Morgan fingerprint density at radius 2 is 1.57 bits per heavy atom. The normalized spacial score (nSPS) is 40.9. The Hall–Kier alpha value is -0.0151. The van der Waals surface area contributed by atoms with Crippen LogP contribution in [0.15, 0.2) is 0 Å². The first-order chi connectivity index (χ1) is 3.30. The van der Waals surface area contributed by atoms with Gasteiger partial charge in [-0.15, -0.1) is 0 Å². The van der Waals surface area contributed by atoms with Gasteiger partial charge in [0.1, 0.15) is 0 Å². The Balaban J connectivity index is 2.33. The molecule has 2 nitrogen and oxygen atoms in total. The highest BCUT2D eigenvalue weighted by atomic mass is 16.6. The van der Waals surface area contributed by atoms with Crippen LogP contribution in [0.3, 0.4) is 0 Å². The first-order valence-corrected chi connectivity index (χ1v) is 2.54. The van der Waals surface area contributed by atoms with E-state index in [0.717, 1.165) is 0 Å². The van der Waals surface area contributed by atoms with Gasteiger partial charge >= 0.3 is 7.69 Å². The highest BCUT2D eigenvalue weighted by molar-refractivity contribution is 6.19. The Morgan fingerprint density at radius 3 is 1.71 bits per heavy atom. The van der Waals surface area contributed by atoms with Crippen molar-refractivity contribution >= 4 is 7.69 Å². The average molecular weight is 99.9 g/mol. The molecule has 0 spiro atoms. The second-order valence-corrected chi connectivity index (χ2v) is 1.86. The predicted molar refractivity (Wildman–Crippen MR) is 28.2 cm³/mol. The van der Waals surface area contributed by atoms with Gasteiger partial charge in [0.25, 0.3) is 0 Å². The molecule has 2 atom stereocenters. The minimum atomic E-state index is 0.292. The summed E-state index contributed by atoms with van der Waals surface area (Å²) in [5.41, 5.74) is 0. The van der Waals surface area contributed by atoms with Gasteiger partial charge in [-0.05, 0) is 13.8 Å². The van der Waals surface area contributed by atoms with Crippen LogP contribution < -0.4 is 0 Å². The molecule has 0 aromatic carbocycles. The summed E-state index contributed by atoms with van der Waals surface area (Å²) in [6, 6.07) is 0. The molecule has 0 aromatic rings. The molecule has 40 valence electrons. The highest BCUT2D eigenvalue weighted by Crippen LogP contribution is 2.07. The molecule has 0 aromatic heterocycles. The van der Waals surface area contributed by atoms with Crippen LogP contribution >= 0.6 is 0 Å². The van der Waals surface area contributed by atoms with Crippen LogP contribution in [0.4, 0.5) is 0 Å². The molecule has 1 heterocycles. The quantitative estimate of drug-likeness (QED) is 0.401. The van der Waals surface area contributed by atoms with Gasteiger partial charge in [-0.3, -0.25) is 0 Å². The Morgan fingerprint density at radius 1 is 1.14 bits per heavy atom. The van der Waals surface area contributed by atoms with Crippen LogP contribution in [0.2, 0.25) is 0 Å². The molecule has 0 N–H and O–H groups in total. The molecule has 0 saturated carbocycles. The molecule has 0 aliphatic carbocycles. The molecule has 1 saturated heterocycles. The SMILES string of the molecule is C[C@H]1OBO[C@@H]1C. The fraction of sp³-hybridized carbons (Fsp3) is 1.00. The lowest BCUT2D eigenvalue weighted by atomic mass is 10.3. The average Bonchev–Trinajstić information content (AvgIpc) is 1.91. The summed E-state index contributed by atoms with van der Waals surface area (Å²) >= 11 is 0. The van der Waals surface area contributed by atoms with Crippen molar-refractivity contribution in [3.05, 3.63) is 0 Å². The molecule has 3 heteroatoms. The molecule has 1 rings (SSSR count). The second-order valence-electron chi connectivity index (χ2n) is 1.86. The third-order valence-electron chi connectivity index (χ3n) is 1.32. The molecule has 0 bridgehead atoms. The Labute approximate surface area is 44.1 Å². The first kappa shape index (κ1) is 5.13. The molecule has 1 aliphatic heterocycles. The van der Waals surface area contributed by atoms with Crippen molar-refractivity contribution < 1.29 is 9.31 Å². The van der Waals surface area contributed by atoms with Crippen molar-refractivity contribution in [2.45, 2.75) is 26.1 Å². The summed E-state index contributed by atoms with van der Waals surface area (Å²) in [4.78, 5) is 0. The molecular formula is C4H9BO2. The van der Waals surface area contributed by atoms with Crippen molar-refractivity contribution in [2.24, 2.45) is 0 Å². The summed E-state index contributed by atoms with van der Waals surface area (Å²) in [6.45, 7) is 4.02. The van der Waals surface area contributed by atoms with Crippen LogP contribution in [0.25, 0.3) is 0 Å². The van der Waals surface area contributed by atoms with E-state index in [0.29, 0.717) is 19.9 Å². The van der Waals surface area contributed by atoms with Gasteiger partial charge in [0, 0.05) is 0 Å². The maximum Gasteiger partial charge on any atom is 0.438 e. The van der Waals surface area contributed by atoms with E-state index in [1.165, 1.54) is 0 Å². The molecule has 0 unspecified atom stereocenters. The van der Waals surface area contributed by atoms with E-state index < -0.39 is 0 Å². The van der Waals surface area contributed by atoms with Gasteiger partial charge in [-0.25, -0.2) is 0 Å². The fourth-order valence-electron chi connectivity index (χ4n) is 0.525. The minimum absolute atomic E-state index is 0.292. The van der Waals surface area contributed by atoms with E-state index in [1.54, 1.807) is 0 Å². The third kappa shape index (κ3) is 0.953. The zero-order valence-electron chi connectivity index (χ0n) is 4.68. The van der Waals surface area contributed by atoms with Crippen molar-refractivity contribution in [1.82, 2.24) is 0 Å². The van der Waals surface area contributed by atoms with E-state index in [-0.39, 0.29) is 0 Å². The lowest BCUT2D eigenvalue weighted by Crippen LogP contribution is -2.13. The van der Waals surface area contributed by atoms with Gasteiger partial charge in [-0.1, -0.05) is 0 Å². The number of hydrogen-bond donors (Lipinski definition) is 0. The largest absolute Gasteiger partial charge is 0.438 e. The van der Waals surface area contributed by atoms with E-state index in [1.807, 2.05) is 13.8 Å². The standard InChI is InChI=1S/C4H9BO2/c1-3-4(2)7-5-6-3/h3-5H,1-2H3/t3-,4-/m1/s1. The van der Waals surface area contributed by atoms with Gasteiger partial charge in [-0.2, -0.15) is 0 Å². The smallest absolute Gasteiger partial charge is 0.409 e. The van der Waals surface area contributed by atoms with Crippen LogP contribution in [-0.2, 0) is 9.31 Å². The van der Waals surface area contributed by atoms with Crippen molar-refractivity contribution in [3.8, 4) is 0 Å². The van der Waals surface area contributed by atoms with Crippen molar-refractivity contribution in [3.63, 3.8) is 0 Å². The van der Waals surface area contributed by atoms with Crippen LogP contribution in [0.5, 0.6) is 0 Å². The van der Waals surface area contributed by atoms with Crippen LogP contribution in [0.1, 0.15) is 13.8 Å². The maximum absolute atomic E-state index is 5.04. The highest BCUT2D eigenvalue weighted by Gasteiger charge is 2.20. The van der Waals surface area contributed by atoms with Crippen LogP contribution in [-0.4, -0.2) is 19.9 Å². The summed E-state index contributed by atoms with van der Waals surface area (Å²) in [7, 11) is 0.475.